The molecule has 0 fully saturated rings. The Kier molecular flexibility index (Phi) is 3.81. The summed E-state index contributed by atoms with van der Waals surface area (Å²) < 4.78 is 0. The lowest BCUT2D eigenvalue weighted by molar-refractivity contribution is 0.0786. The van der Waals surface area contributed by atoms with Crippen molar-refractivity contribution >= 4 is 16.8 Å². The SMILES string of the molecule is CC(C#N)CN(C)C(=O)c1c2c(nc3ccccc13)CCC2. The van der Waals surface area contributed by atoms with E-state index >= 15 is 0 Å². The van der Waals surface area contributed by atoms with Crippen molar-refractivity contribution in [1.29, 1.82) is 5.26 Å². The van der Waals surface area contributed by atoms with Crippen molar-refractivity contribution in [2.75, 3.05) is 13.6 Å². The summed E-state index contributed by atoms with van der Waals surface area (Å²) in [5.41, 5.74) is 3.82. The number of fused-ring (bicyclic) bond motifs is 2. The summed E-state index contributed by atoms with van der Waals surface area (Å²) >= 11 is 0. The number of amides is 1. The highest BCUT2D eigenvalue weighted by molar-refractivity contribution is 6.07. The zero-order chi connectivity index (χ0) is 15.7. The molecular weight excluding hydrogens is 274 g/mol. The van der Waals surface area contributed by atoms with Gasteiger partial charge in [0, 0.05) is 24.7 Å². The molecule has 0 saturated heterocycles. The standard InChI is InChI=1S/C18H19N3O/c1-12(10-19)11-21(2)18(22)17-13-6-3-4-8-15(13)20-16-9-5-7-14(16)17/h3-4,6,8,12H,5,7,9,11H2,1-2H3. The van der Waals surface area contributed by atoms with Gasteiger partial charge in [0.05, 0.1) is 23.1 Å². The number of carbonyl (C=O) groups excluding carboxylic acids is 1. The number of carbonyl (C=O) groups is 1. The van der Waals surface area contributed by atoms with Crippen LogP contribution in [0, 0.1) is 17.2 Å². The molecule has 0 saturated carbocycles. The van der Waals surface area contributed by atoms with Crippen molar-refractivity contribution in [3.05, 3.63) is 41.1 Å². The fourth-order valence-corrected chi connectivity index (χ4v) is 3.18. The van der Waals surface area contributed by atoms with Crippen LogP contribution in [-0.2, 0) is 12.8 Å². The first kappa shape index (κ1) is 14.5. The fraction of sp³-hybridized carbons (Fsp3) is 0.389. The van der Waals surface area contributed by atoms with Crippen molar-refractivity contribution in [3.8, 4) is 6.07 Å². The molecule has 0 bridgehead atoms. The Bertz CT molecular complexity index is 776. The summed E-state index contributed by atoms with van der Waals surface area (Å²) in [4.78, 5) is 19.3. The van der Waals surface area contributed by atoms with Crippen molar-refractivity contribution in [2.24, 2.45) is 5.92 Å². The number of hydrogen-bond donors (Lipinski definition) is 0. The number of hydrogen-bond acceptors (Lipinski definition) is 3. The topological polar surface area (TPSA) is 57.0 Å². The monoisotopic (exact) mass is 293 g/mol. The van der Waals surface area contributed by atoms with Gasteiger partial charge in [-0.1, -0.05) is 18.2 Å². The number of para-hydroxylation sites is 1. The summed E-state index contributed by atoms with van der Waals surface area (Å²) in [5.74, 6) is -0.172. The van der Waals surface area contributed by atoms with E-state index in [1.807, 2.05) is 31.2 Å². The van der Waals surface area contributed by atoms with Crippen LogP contribution in [-0.4, -0.2) is 29.4 Å². The molecule has 2 aromatic rings. The maximum absolute atomic E-state index is 13.0. The Hall–Kier alpha value is -2.41. The molecule has 1 unspecified atom stereocenters. The summed E-state index contributed by atoms with van der Waals surface area (Å²) in [6, 6.07) is 10.0. The lowest BCUT2D eigenvalue weighted by Gasteiger charge is -2.21. The molecule has 1 aliphatic rings. The Morgan fingerprint density at radius 2 is 2.18 bits per heavy atom. The molecule has 1 aromatic carbocycles. The third-order valence-electron chi connectivity index (χ3n) is 4.25. The van der Waals surface area contributed by atoms with Gasteiger partial charge in [0.1, 0.15) is 0 Å². The van der Waals surface area contributed by atoms with Gasteiger partial charge in [0.25, 0.3) is 5.91 Å². The molecular formula is C18H19N3O. The first-order valence-electron chi connectivity index (χ1n) is 7.67. The van der Waals surface area contributed by atoms with Crippen LogP contribution in [0.3, 0.4) is 0 Å². The Morgan fingerprint density at radius 1 is 1.41 bits per heavy atom. The average Bonchev–Trinajstić information content (AvgIpc) is 2.99. The first-order chi connectivity index (χ1) is 10.6. The maximum Gasteiger partial charge on any atom is 0.254 e. The van der Waals surface area contributed by atoms with Crippen LogP contribution in [0.15, 0.2) is 24.3 Å². The summed E-state index contributed by atoms with van der Waals surface area (Å²) in [6.45, 7) is 2.28. The van der Waals surface area contributed by atoms with E-state index in [2.05, 4.69) is 6.07 Å². The highest BCUT2D eigenvalue weighted by Gasteiger charge is 2.25. The second-order valence-corrected chi connectivity index (χ2v) is 6.00. The molecule has 1 aromatic heterocycles. The molecule has 0 spiro atoms. The van der Waals surface area contributed by atoms with Gasteiger partial charge >= 0.3 is 0 Å². The number of aromatic nitrogens is 1. The second kappa shape index (κ2) is 5.76. The lowest BCUT2D eigenvalue weighted by Crippen LogP contribution is -2.31. The van der Waals surface area contributed by atoms with E-state index in [9.17, 15) is 4.79 Å². The van der Waals surface area contributed by atoms with Crippen molar-refractivity contribution in [3.63, 3.8) is 0 Å². The van der Waals surface area contributed by atoms with Crippen LogP contribution in [0.2, 0.25) is 0 Å². The minimum atomic E-state index is -0.171. The predicted octanol–water partition coefficient (Wildman–Crippen LogP) is 2.96. The number of benzene rings is 1. The second-order valence-electron chi connectivity index (χ2n) is 6.00. The smallest absolute Gasteiger partial charge is 0.254 e. The van der Waals surface area contributed by atoms with Gasteiger partial charge in [0.2, 0.25) is 0 Å². The largest absolute Gasteiger partial charge is 0.340 e. The van der Waals surface area contributed by atoms with Crippen LogP contribution < -0.4 is 0 Å². The van der Waals surface area contributed by atoms with Crippen LogP contribution >= 0.6 is 0 Å². The van der Waals surface area contributed by atoms with Crippen molar-refractivity contribution in [1.82, 2.24) is 9.88 Å². The molecule has 112 valence electrons. The maximum atomic E-state index is 13.0. The molecule has 3 rings (SSSR count). The normalized spacial score (nSPS) is 14.4. The number of nitriles is 1. The first-order valence-corrected chi connectivity index (χ1v) is 7.67. The van der Waals surface area contributed by atoms with E-state index in [0.717, 1.165) is 47.0 Å². The predicted molar refractivity (Wildman–Crippen MR) is 85.5 cm³/mol. The molecule has 0 radical (unpaired) electrons. The minimum absolute atomic E-state index is 0.00106. The summed E-state index contributed by atoms with van der Waals surface area (Å²) in [5, 5.41) is 9.89. The molecule has 1 amide bonds. The Balaban J connectivity index is 2.10. The van der Waals surface area contributed by atoms with E-state index in [0.29, 0.717) is 6.54 Å². The molecule has 1 aliphatic carbocycles. The van der Waals surface area contributed by atoms with Gasteiger partial charge in [-0.15, -0.1) is 0 Å². The molecule has 0 aliphatic heterocycles. The number of aryl methyl sites for hydroxylation is 1. The van der Waals surface area contributed by atoms with Crippen molar-refractivity contribution in [2.45, 2.75) is 26.2 Å². The minimum Gasteiger partial charge on any atom is -0.340 e. The third kappa shape index (κ3) is 2.43. The molecule has 4 heteroatoms. The quantitative estimate of drug-likeness (QED) is 0.874. The van der Waals surface area contributed by atoms with Crippen LogP contribution in [0.5, 0.6) is 0 Å². The van der Waals surface area contributed by atoms with Gasteiger partial charge in [-0.25, -0.2) is 0 Å². The summed E-state index contributed by atoms with van der Waals surface area (Å²) in [7, 11) is 1.77. The number of pyridine rings is 1. The lowest BCUT2D eigenvalue weighted by atomic mass is 10.00. The van der Waals surface area contributed by atoms with E-state index < -0.39 is 0 Å². The van der Waals surface area contributed by atoms with Crippen molar-refractivity contribution < 1.29 is 4.79 Å². The van der Waals surface area contributed by atoms with Crippen LogP contribution in [0.4, 0.5) is 0 Å². The van der Waals surface area contributed by atoms with Crippen LogP contribution in [0.25, 0.3) is 10.9 Å². The van der Waals surface area contributed by atoms with E-state index in [1.165, 1.54) is 0 Å². The third-order valence-corrected chi connectivity index (χ3v) is 4.25. The molecule has 22 heavy (non-hydrogen) atoms. The highest BCUT2D eigenvalue weighted by Crippen LogP contribution is 2.30. The summed E-state index contributed by atoms with van der Waals surface area (Å²) in [6.07, 6.45) is 2.91. The van der Waals surface area contributed by atoms with E-state index in [-0.39, 0.29) is 11.8 Å². The Labute approximate surface area is 130 Å². The highest BCUT2D eigenvalue weighted by atomic mass is 16.2. The molecule has 1 heterocycles. The van der Waals surface area contributed by atoms with Gasteiger partial charge < -0.3 is 4.90 Å². The fourth-order valence-electron chi connectivity index (χ4n) is 3.18. The van der Waals surface area contributed by atoms with Gasteiger partial charge in [-0.05, 0) is 37.8 Å². The van der Waals surface area contributed by atoms with E-state index in [4.69, 9.17) is 10.2 Å². The van der Waals surface area contributed by atoms with Gasteiger partial charge in [0.15, 0.2) is 0 Å². The van der Waals surface area contributed by atoms with Gasteiger partial charge in [-0.2, -0.15) is 5.26 Å². The number of rotatable bonds is 3. The van der Waals surface area contributed by atoms with Crippen LogP contribution in [0.1, 0.15) is 35.0 Å². The Morgan fingerprint density at radius 3 is 2.95 bits per heavy atom. The zero-order valence-electron chi connectivity index (χ0n) is 13.0. The molecule has 0 N–H and O–H groups in total. The molecule has 4 nitrogen and oxygen atoms in total. The molecule has 1 atom stereocenters. The number of nitrogens with zero attached hydrogens (tertiary/aromatic N) is 3. The van der Waals surface area contributed by atoms with E-state index in [1.54, 1.807) is 11.9 Å². The average molecular weight is 293 g/mol. The zero-order valence-corrected chi connectivity index (χ0v) is 13.0. The van der Waals surface area contributed by atoms with Gasteiger partial charge in [-0.3, -0.25) is 9.78 Å².